The van der Waals surface area contributed by atoms with E-state index >= 15 is 0 Å². The van der Waals surface area contributed by atoms with Crippen molar-refractivity contribution in [2.24, 2.45) is 0 Å². The van der Waals surface area contributed by atoms with E-state index in [1.165, 1.54) is 10.9 Å². The minimum atomic E-state index is -0.00388. The molecule has 156 valence electrons. The summed E-state index contributed by atoms with van der Waals surface area (Å²) in [6.45, 7) is 7.92. The van der Waals surface area contributed by atoms with Crippen molar-refractivity contribution in [3.63, 3.8) is 0 Å². The van der Waals surface area contributed by atoms with Crippen LogP contribution in [-0.2, 0) is 24.2 Å². The lowest BCUT2D eigenvalue weighted by molar-refractivity contribution is -0.00576. The van der Waals surface area contributed by atoms with Crippen molar-refractivity contribution < 1.29 is 4.74 Å². The van der Waals surface area contributed by atoms with Crippen molar-refractivity contribution in [3.05, 3.63) is 63.7 Å². The van der Waals surface area contributed by atoms with Gasteiger partial charge in [-0.15, -0.1) is 0 Å². The summed E-state index contributed by atoms with van der Waals surface area (Å²) in [6, 6.07) is 10.3. The van der Waals surface area contributed by atoms with Crippen LogP contribution in [0.2, 0.25) is 0 Å². The molecule has 2 aliphatic rings. The van der Waals surface area contributed by atoms with Crippen LogP contribution in [0.3, 0.4) is 0 Å². The Hall–Kier alpha value is -2.77. The van der Waals surface area contributed by atoms with Crippen LogP contribution in [0.15, 0.2) is 41.3 Å². The van der Waals surface area contributed by atoms with E-state index in [1.54, 1.807) is 0 Å². The predicted octanol–water partition coefficient (Wildman–Crippen LogP) is 2.49. The van der Waals surface area contributed by atoms with Crippen LogP contribution in [0.4, 0.5) is 5.95 Å². The number of aromatic amines is 1. The highest BCUT2D eigenvalue weighted by atomic mass is 16.5. The Balaban J connectivity index is 1.40. The van der Waals surface area contributed by atoms with E-state index < -0.39 is 0 Å². The zero-order valence-corrected chi connectivity index (χ0v) is 17.5. The average molecular weight is 406 g/mol. The summed E-state index contributed by atoms with van der Waals surface area (Å²) < 4.78 is 5.82. The Morgan fingerprint density at radius 1 is 1.17 bits per heavy atom. The number of nitrogens with zero attached hydrogens (tertiary/aromatic N) is 4. The Morgan fingerprint density at radius 3 is 2.80 bits per heavy atom. The van der Waals surface area contributed by atoms with Crippen LogP contribution < -0.4 is 10.5 Å². The molecule has 0 bridgehead atoms. The van der Waals surface area contributed by atoms with Crippen molar-refractivity contribution in [3.8, 4) is 0 Å². The summed E-state index contributed by atoms with van der Waals surface area (Å²) >= 11 is 0. The van der Waals surface area contributed by atoms with Gasteiger partial charge in [0.05, 0.1) is 23.4 Å². The smallest absolute Gasteiger partial charge is 0.255 e. The number of aromatic nitrogens is 3. The topological polar surface area (TPSA) is 74.4 Å². The fraction of sp³-hybridized carbons (Fsp3) is 0.435. The van der Waals surface area contributed by atoms with Gasteiger partial charge < -0.3 is 9.64 Å². The molecule has 0 aliphatic carbocycles. The maximum Gasteiger partial charge on any atom is 0.255 e. The van der Waals surface area contributed by atoms with Crippen LogP contribution in [0, 0.1) is 0 Å². The molecule has 3 aromatic rings. The molecule has 2 atom stereocenters. The number of H-pyrrole nitrogens is 1. The molecule has 2 aliphatic heterocycles. The zero-order chi connectivity index (χ0) is 20.7. The van der Waals surface area contributed by atoms with Crippen LogP contribution in [0.1, 0.15) is 30.7 Å². The number of hydrogen-bond acceptors (Lipinski definition) is 6. The molecular weight excluding hydrogens is 378 g/mol. The Kier molecular flexibility index (Phi) is 5.00. The number of rotatable bonds is 3. The molecule has 5 rings (SSSR count). The molecule has 0 radical (unpaired) electrons. The number of morpholine rings is 1. The molecule has 1 N–H and O–H groups in total. The minimum absolute atomic E-state index is 0.00388. The summed E-state index contributed by atoms with van der Waals surface area (Å²) in [6.07, 6.45) is 2.83. The lowest BCUT2D eigenvalue weighted by Crippen LogP contribution is -2.47. The van der Waals surface area contributed by atoms with E-state index in [2.05, 4.69) is 51.8 Å². The van der Waals surface area contributed by atoms with E-state index in [0.717, 1.165) is 49.4 Å². The predicted molar refractivity (Wildman–Crippen MR) is 117 cm³/mol. The number of nitrogens with one attached hydrogen (secondary N) is 1. The highest BCUT2D eigenvalue weighted by Gasteiger charge is 2.27. The van der Waals surface area contributed by atoms with E-state index in [1.807, 2.05) is 18.3 Å². The molecular formula is C23H27N5O2. The van der Waals surface area contributed by atoms with Crippen LogP contribution in [0.25, 0.3) is 10.9 Å². The molecule has 30 heavy (non-hydrogen) atoms. The normalized spacial score (nSPS) is 22.3. The van der Waals surface area contributed by atoms with E-state index in [0.29, 0.717) is 12.5 Å². The summed E-state index contributed by atoms with van der Waals surface area (Å²) in [4.78, 5) is 29.6. The van der Waals surface area contributed by atoms with Gasteiger partial charge in [0.15, 0.2) is 0 Å². The number of para-hydroxylation sites is 1. The number of ether oxygens (including phenoxy) is 1. The second kappa shape index (κ2) is 7.81. The Morgan fingerprint density at radius 2 is 1.97 bits per heavy atom. The lowest BCUT2D eigenvalue weighted by Gasteiger charge is -2.36. The maximum absolute atomic E-state index is 12.7. The lowest BCUT2D eigenvalue weighted by atomic mass is 10.0. The largest absolute Gasteiger partial charge is 0.372 e. The monoisotopic (exact) mass is 405 g/mol. The number of pyridine rings is 1. The second-order valence-corrected chi connectivity index (χ2v) is 8.42. The first-order valence-corrected chi connectivity index (χ1v) is 10.6. The first-order valence-electron chi connectivity index (χ1n) is 10.6. The first kappa shape index (κ1) is 19.2. The van der Waals surface area contributed by atoms with Gasteiger partial charge in [0.25, 0.3) is 5.56 Å². The molecule has 1 fully saturated rings. The standard InChI is InChI=1S/C23H27N5O2/c1-15-11-28(12-16(2)30-15)23-25-21-14-27(10-8-19(21)22(29)26-23)13-17-7-9-24-20-6-4-3-5-18(17)20/h3-7,9,15-16H,8,10-14H2,1-2H3,(H,25,26,29)/t15-,16+. The number of benzene rings is 1. The zero-order valence-electron chi connectivity index (χ0n) is 17.5. The highest BCUT2D eigenvalue weighted by Crippen LogP contribution is 2.23. The molecule has 2 aromatic heterocycles. The van der Waals surface area contributed by atoms with Gasteiger partial charge in [-0.2, -0.15) is 0 Å². The van der Waals surface area contributed by atoms with Gasteiger partial charge in [0.2, 0.25) is 5.95 Å². The molecule has 0 spiro atoms. The molecule has 4 heterocycles. The number of fused-ring (bicyclic) bond motifs is 2. The van der Waals surface area contributed by atoms with Crippen LogP contribution >= 0.6 is 0 Å². The maximum atomic E-state index is 12.7. The van der Waals surface area contributed by atoms with Crippen molar-refractivity contribution in [1.29, 1.82) is 0 Å². The third-order valence-corrected chi connectivity index (χ3v) is 5.99. The Bertz CT molecular complexity index is 1110. The molecule has 1 aromatic carbocycles. The molecule has 0 amide bonds. The molecule has 0 unspecified atom stereocenters. The van der Waals surface area contributed by atoms with Gasteiger partial charge in [-0.05, 0) is 38.0 Å². The van der Waals surface area contributed by atoms with Crippen molar-refractivity contribution >= 4 is 16.9 Å². The summed E-state index contributed by atoms with van der Waals surface area (Å²) in [5.41, 5.74) is 3.98. The van der Waals surface area contributed by atoms with Gasteiger partial charge >= 0.3 is 0 Å². The number of hydrogen-bond donors (Lipinski definition) is 1. The van der Waals surface area contributed by atoms with E-state index in [-0.39, 0.29) is 17.8 Å². The Labute approximate surface area is 175 Å². The van der Waals surface area contributed by atoms with Crippen LogP contribution in [-0.4, -0.2) is 51.7 Å². The summed E-state index contributed by atoms with van der Waals surface area (Å²) in [5.74, 6) is 0.664. The highest BCUT2D eigenvalue weighted by molar-refractivity contribution is 5.81. The molecule has 0 saturated carbocycles. The quantitative estimate of drug-likeness (QED) is 0.722. The van der Waals surface area contributed by atoms with Gasteiger partial charge in [0.1, 0.15) is 0 Å². The fourth-order valence-electron chi connectivity index (χ4n) is 4.65. The number of anilines is 1. The second-order valence-electron chi connectivity index (χ2n) is 8.42. The third-order valence-electron chi connectivity index (χ3n) is 5.99. The first-order chi connectivity index (χ1) is 14.6. The van der Waals surface area contributed by atoms with Crippen LogP contribution in [0.5, 0.6) is 0 Å². The summed E-state index contributed by atoms with van der Waals surface area (Å²) in [7, 11) is 0. The molecule has 7 nitrogen and oxygen atoms in total. The fourth-order valence-corrected chi connectivity index (χ4v) is 4.65. The summed E-state index contributed by atoms with van der Waals surface area (Å²) in [5, 5.41) is 1.18. The van der Waals surface area contributed by atoms with Gasteiger partial charge in [0, 0.05) is 49.9 Å². The van der Waals surface area contributed by atoms with E-state index in [4.69, 9.17) is 9.72 Å². The minimum Gasteiger partial charge on any atom is -0.372 e. The van der Waals surface area contributed by atoms with E-state index in [9.17, 15) is 4.79 Å². The van der Waals surface area contributed by atoms with Gasteiger partial charge in [-0.3, -0.25) is 19.7 Å². The third kappa shape index (κ3) is 3.70. The SMILES string of the molecule is C[C@@H]1CN(c2nc3c(c(=O)[nH]2)CCN(Cc2ccnc4ccccc24)C3)C[C@H](C)O1. The van der Waals surface area contributed by atoms with Crippen molar-refractivity contribution in [2.45, 2.75) is 45.6 Å². The van der Waals surface area contributed by atoms with Crippen molar-refractivity contribution in [2.75, 3.05) is 24.5 Å². The van der Waals surface area contributed by atoms with Crippen molar-refractivity contribution in [1.82, 2.24) is 19.9 Å². The average Bonchev–Trinajstić information content (AvgIpc) is 2.73. The van der Waals surface area contributed by atoms with Gasteiger partial charge in [-0.1, -0.05) is 18.2 Å². The molecule has 1 saturated heterocycles. The molecule has 7 heteroatoms. The van der Waals surface area contributed by atoms with Gasteiger partial charge in [-0.25, -0.2) is 4.98 Å².